The molecule has 0 aliphatic carbocycles. The van der Waals surface area contributed by atoms with Crippen LogP contribution in [0.1, 0.15) is 23.8 Å². The van der Waals surface area contributed by atoms with E-state index in [9.17, 15) is 4.79 Å². The van der Waals surface area contributed by atoms with Gasteiger partial charge in [-0.05, 0) is 18.6 Å². The largest absolute Gasteiger partial charge is 0.351 e. The second kappa shape index (κ2) is 4.08. The van der Waals surface area contributed by atoms with Crippen LogP contribution in [-0.4, -0.2) is 27.3 Å². The zero-order valence-electron chi connectivity index (χ0n) is 8.47. The Morgan fingerprint density at radius 3 is 3.20 bits per heavy atom. The molecule has 0 aliphatic rings. The molecular formula is C10H12N4O. The van der Waals surface area contributed by atoms with Crippen molar-refractivity contribution in [2.24, 2.45) is 0 Å². The lowest BCUT2D eigenvalue weighted by Crippen LogP contribution is -2.26. The lowest BCUT2D eigenvalue weighted by Gasteiger charge is -2.04. The van der Waals surface area contributed by atoms with Gasteiger partial charge in [-0.1, -0.05) is 18.2 Å². The maximum absolute atomic E-state index is 11.7. The molecule has 5 nitrogen and oxygen atoms in total. The van der Waals surface area contributed by atoms with E-state index in [1.54, 1.807) is 12.3 Å². The van der Waals surface area contributed by atoms with Gasteiger partial charge in [0.1, 0.15) is 5.69 Å². The van der Waals surface area contributed by atoms with Crippen molar-refractivity contribution in [1.29, 1.82) is 0 Å². The van der Waals surface area contributed by atoms with Crippen LogP contribution in [0.25, 0.3) is 5.52 Å². The van der Waals surface area contributed by atoms with E-state index in [0.717, 1.165) is 11.9 Å². The topological polar surface area (TPSA) is 59.3 Å². The first-order valence-corrected chi connectivity index (χ1v) is 4.90. The monoisotopic (exact) mass is 204 g/mol. The Kier molecular flexibility index (Phi) is 2.62. The third-order valence-electron chi connectivity index (χ3n) is 2.09. The Balaban J connectivity index is 2.34. The molecule has 78 valence electrons. The van der Waals surface area contributed by atoms with Gasteiger partial charge in [-0.25, -0.2) is 4.52 Å². The molecule has 2 heterocycles. The number of nitrogens with zero attached hydrogens (tertiary/aromatic N) is 3. The highest BCUT2D eigenvalue weighted by molar-refractivity contribution is 5.93. The molecule has 2 aromatic heterocycles. The molecule has 5 heteroatoms. The zero-order valence-corrected chi connectivity index (χ0v) is 8.47. The molecule has 0 atom stereocenters. The summed E-state index contributed by atoms with van der Waals surface area (Å²) in [5.74, 6) is -0.118. The van der Waals surface area contributed by atoms with Gasteiger partial charge in [0, 0.05) is 6.54 Å². The molecule has 0 aliphatic heterocycles. The lowest BCUT2D eigenvalue weighted by atomic mass is 10.3. The molecule has 0 fully saturated rings. The zero-order chi connectivity index (χ0) is 10.7. The first-order chi connectivity index (χ1) is 7.33. The number of nitrogens with one attached hydrogen (secondary N) is 1. The van der Waals surface area contributed by atoms with Gasteiger partial charge < -0.3 is 5.32 Å². The van der Waals surface area contributed by atoms with Crippen LogP contribution < -0.4 is 5.32 Å². The second-order valence-electron chi connectivity index (χ2n) is 3.24. The van der Waals surface area contributed by atoms with Gasteiger partial charge in [0.2, 0.25) is 0 Å². The highest BCUT2D eigenvalue weighted by Gasteiger charge is 2.09. The van der Waals surface area contributed by atoms with E-state index in [2.05, 4.69) is 15.6 Å². The molecule has 0 unspecified atom stereocenters. The molecule has 0 spiro atoms. The number of rotatable bonds is 3. The number of aromatic nitrogens is 3. The molecule has 15 heavy (non-hydrogen) atoms. The minimum Gasteiger partial charge on any atom is -0.351 e. The van der Waals surface area contributed by atoms with E-state index in [1.165, 1.54) is 4.52 Å². The fourth-order valence-corrected chi connectivity index (χ4v) is 1.35. The fourth-order valence-electron chi connectivity index (χ4n) is 1.35. The Hall–Kier alpha value is -1.91. The van der Waals surface area contributed by atoms with Crippen molar-refractivity contribution in [2.45, 2.75) is 13.3 Å². The number of carbonyl (C=O) groups is 1. The summed E-state index contributed by atoms with van der Waals surface area (Å²) < 4.78 is 1.53. The molecule has 0 aromatic carbocycles. The summed E-state index contributed by atoms with van der Waals surface area (Å²) in [7, 11) is 0. The molecule has 0 bridgehead atoms. The van der Waals surface area contributed by atoms with Crippen molar-refractivity contribution >= 4 is 11.4 Å². The quantitative estimate of drug-likeness (QED) is 0.807. The first kappa shape index (κ1) is 9.64. The van der Waals surface area contributed by atoms with Crippen LogP contribution in [0.5, 0.6) is 0 Å². The van der Waals surface area contributed by atoms with Gasteiger partial charge in [0.15, 0.2) is 0 Å². The van der Waals surface area contributed by atoms with Crippen LogP contribution in [0, 0.1) is 0 Å². The van der Waals surface area contributed by atoms with E-state index in [1.807, 2.05) is 19.1 Å². The summed E-state index contributed by atoms with van der Waals surface area (Å²) in [6, 6.07) is 5.41. The van der Waals surface area contributed by atoms with Crippen LogP contribution in [0.4, 0.5) is 0 Å². The molecule has 1 amide bonds. The van der Waals surface area contributed by atoms with Crippen LogP contribution in [0.15, 0.2) is 24.4 Å². The van der Waals surface area contributed by atoms with Crippen molar-refractivity contribution < 1.29 is 4.79 Å². The number of carbonyl (C=O) groups excluding carboxylic acids is 1. The average molecular weight is 204 g/mol. The van der Waals surface area contributed by atoms with E-state index in [-0.39, 0.29) is 5.91 Å². The summed E-state index contributed by atoms with van der Waals surface area (Å²) in [5, 5.41) is 10.4. The fraction of sp³-hybridized carbons (Fsp3) is 0.300. The predicted molar refractivity (Wildman–Crippen MR) is 55.6 cm³/mol. The number of hydrogen-bond acceptors (Lipinski definition) is 3. The standard InChI is InChI=1S/C10H12N4O/c1-2-6-11-10(15)9-5-3-4-8-7-12-13-14(8)9/h3-5,7H,2,6H2,1H3,(H,11,15). The number of hydrogen-bond donors (Lipinski definition) is 1. The van der Waals surface area contributed by atoms with Crippen molar-refractivity contribution in [3.8, 4) is 0 Å². The third kappa shape index (κ3) is 1.81. The number of amides is 1. The van der Waals surface area contributed by atoms with Crippen LogP contribution in [-0.2, 0) is 0 Å². The van der Waals surface area contributed by atoms with E-state index in [4.69, 9.17) is 0 Å². The Labute approximate surface area is 87.1 Å². The molecule has 2 aromatic rings. The molecule has 0 saturated carbocycles. The molecule has 0 saturated heterocycles. The summed E-state index contributed by atoms with van der Waals surface area (Å²) in [5.41, 5.74) is 1.33. The summed E-state index contributed by atoms with van der Waals surface area (Å²) in [6.07, 6.45) is 2.54. The van der Waals surface area contributed by atoms with Crippen LogP contribution >= 0.6 is 0 Å². The average Bonchev–Trinajstić information content (AvgIpc) is 2.73. The van der Waals surface area contributed by atoms with Crippen molar-refractivity contribution in [3.05, 3.63) is 30.1 Å². The molecule has 0 radical (unpaired) electrons. The van der Waals surface area contributed by atoms with E-state index >= 15 is 0 Å². The highest BCUT2D eigenvalue weighted by atomic mass is 16.1. The van der Waals surface area contributed by atoms with Gasteiger partial charge in [0.05, 0.1) is 11.7 Å². The van der Waals surface area contributed by atoms with Crippen LogP contribution in [0.2, 0.25) is 0 Å². The van der Waals surface area contributed by atoms with Gasteiger partial charge in [0.25, 0.3) is 5.91 Å². The number of pyridine rings is 1. The van der Waals surface area contributed by atoms with Gasteiger partial charge >= 0.3 is 0 Å². The van der Waals surface area contributed by atoms with Crippen LogP contribution in [0.3, 0.4) is 0 Å². The first-order valence-electron chi connectivity index (χ1n) is 4.90. The lowest BCUT2D eigenvalue weighted by molar-refractivity contribution is 0.0946. The molecule has 1 N–H and O–H groups in total. The van der Waals surface area contributed by atoms with Crippen molar-refractivity contribution in [2.75, 3.05) is 6.54 Å². The van der Waals surface area contributed by atoms with Gasteiger partial charge in [-0.3, -0.25) is 4.79 Å². The Bertz CT molecular complexity index is 477. The number of fused-ring (bicyclic) bond motifs is 1. The summed E-state index contributed by atoms with van der Waals surface area (Å²) in [6.45, 7) is 2.68. The van der Waals surface area contributed by atoms with Gasteiger partial charge in [-0.15, -0.1) is 5.10 Å². The minimum absolute atomic E-state index is 0.118. The second-order valence-corrected chi connectivity index (χ2v) is 3.24. The maximum atomic E-state index is 11.7. The summed E-state index contributed by atoms with van der Waals surface area (Å²) >= 11 is 0. The van der Waals surface area contributed by atoms with Crippen molar-refractivity contribution in [1.82, 2.24) is 20.1 Å². The normalized spacial score (nSPS) is 10.5. The SMILES string of the molecule is CCCNC(=O)c1cccc2cnnn12. The van der Waals surface area contributed by atoms with Gasteiger partial charge in [-0.2, -0.15) is 0 Å². The van der Waals surface area contributed by atoms with E-state index in [0.29, 0.717) is 12.2 Å². The van der Waals surface area contributed by atoms with Crippen molar-refractivity contribution in [3.63, 3.8) is 0 Å². The highest BCUT2D eigenvalue weighted by Crippen LogP contribution is 2.04. The van der Waals surface area contributed by atoms with E-state index < -0.39 is 0 Å². The maximum Gasteiger partial charge on any atom is 0.270 e. The molecular weight excluding hydrogens is 192 g/mol. The minimum atomic E-state index is -0.118. The molecule has 2 rings (SSSR count). The Morgan fingerprint density at radius 2 is 2.40 bits per heavy atom. The Morgan fingerprint density at radius 1 is 1.53 bits per heavy atom. The third-order valence-corrected chi connectivity index (χ3v) is 2.09. The summed E-state index contributed by atoms with van der Waals surface area (Å²) in [4.78, 5) is 11.7. The smallest absolute Gasteiger partial charge is 0.270 e. The predicted octanol–water partition coefficient (Wildman–Crippen LogP) is 0.869.